The molecule has 4 aromatic heterocycles. The van der Waals surface area contributed by atoms with E-state index in [2.05, 4.69) is 51.2 Å². The third-order valence-electron chi connectivity index (χ3n) is 8.81. The Morgan fingerprint density at radius 2 is 1.95 bits per heavy atom. The van der Waals surface area contributed by atoms with Crippen molar-refractivity contribution >= 4 is 23.4 Å². The van der Waals surface area contributed by atoms with Crippen molar-refractivity contribution in [2.75, 3.05) is 7.11 Å². The van der Waals surface area contributed by atoms with Gasteiger partial charge in [0.1, 0.15) is 5.82 Å². The Hall–Kier alpha value is -4.85. The molecule has 0 unspecified atom stereocenters. The maximum Gasteiger partial charge on any atom is 0.328 e. The summed E-state index contributed by atoms with van der Waals surface area (Å²) >= 11 is 0. The molecule has 11 heteroatoms. The van der Waals surface area contributed by atoms with Gasteiger partial charge in [-0.3, -0.25) is 18.5 Å². The quantitative estimate of drug-likeness (QED) is 0.264. The van der Waals surface area contributed by atoms with E-state index in [1.807, 2.05) is 49.7 Å². The minimum Gasteiger partial charge on any atom is -0.479 e. The summed E-state index contributed by atoms with van der Waals surface area (Å²) in [5, 5.41) is 19.2. The lowest BCUT2D eigenvalue weighted by Gasteiger charge is -2.29. The number of H-pyrrole nitrogens is 1. The number of nitrogens with zero attached hydrogens (tertiary/aromatic N) is 8. The number of hydrogen-bond acceptors (Lipinski definition) is 6. The van der Waals surface area contributed by atoms with Crippen molar-refractivity contribution in [3.63, 3.8) is 0 Å². The van der Waals surface area contributed by atoms with E-state index >= 15 is 0 Å². The van der Waals surface area contributed by atoms with E-state index in [9.17, 15) is 10.1 Å². The molecule has 0 spiro atoms. The highest BCUT2D eigenvalue weighted by atomic mass is 16.5. The van der Waals surface area contributed by atoms with Crippen LogP contribution in [0.25, 0.3) is 44.5 Å². The second kappa shape index (κ2) is 10.5. The summed E-state index contributed by atoms with van der Waals surface area (Å²) in [6, 6.07) is 8.58. The fraction of sp³-hybridized carbons (Fsp3) is 0.387. The van der Waals surface area contributed by atoms with Crippen LogP contribution in [0.3, 0.4) is 0 Å². The lowest BCUT2D eigenvalue weighted by atomic mass is 9.84. The first-order valence-electron chi connectivity index (χ1n) is 14.1. The minimum atomic E-state index is -0.0587. The van der Waals surface area contributed by atoms with E-state index in [4.69, 9.17) is 4.74 Å². The number of fused-ring (bicyclic) bond motifs is 1. The highest BCUT2D eigenvalue weighted by molar-refractivity contribution is 6.01. The molecule has 42 heavy (non-hydrogen) atoms. The second-order valence-electron chi connectivity index (χ2n) is 11.2. The molecular formula is C31H35N9O2. The van der Waals surface area contributed by atoms with Crippen LogP contribution in [-0.4, -0.2) is 47.5 Å². The Kier molecular flexibility index (Phi) is 6.85. The minimum absolute atomic E-state index is 0.0138. The van der Waals surface area contributed by atoms with Gasteiger partial charge in [-0.2, -0.15) is 10.4 Å². The number of aromatic amines is 1. The lowest BCUT2D eigenvalue weighted by molar-refractivity contribution is 0.274. The molecule has 1 aliphatic carbocycles. The van der Waals surface area contributed by atoms with Gasteiger partial charge in [-0.1, -0.05) is 6.07 Å². The lowest BCUT2D eigenvalue weighted by Crippen LogP contribution is -2.29. The number of aromatic nitrogens is 7. The maximum atomic E-state index is 13.9. The van der Waals surface area contributed by atoms with Gasteiger partial charge < -0.3 is 9.72 Å². The highest BCUT2D eigenvalue weighted by Gasteiger charge is 2.33. The van der Waals surface area contributed by atoms with Gasteiger partial charge in [0.25, 0.3) is 0 Å². The Balaban J connectivity index is 1.65. The van der Waals surface area contributed by atoms with Crippen molar-refractivity contribution in [2.45, 2.75) is 45.1 Å². The number of methoxy groups -OCH3 is 1. The summed E-state index contributed by atoms with van der Waals surface area (Å²) in [5.41, 5.74) is 6.81. The predicted molar refractivity (Wildman–Crippen MR) is 163 cm³/mol. The molecule has 11 nitrogen and oxygen atoms in total. The average Bonchev–Trinajstić information content (AvgIpc) is 3.73. The zero-order chi connectivity index (χ0) is 29.7. The smallest absolute Gasteiger partial charge is 0.328 e. The average molecular weight is 566 g/mol. The van der Waals surface area contributed by atoms with E-state index < -0.39 is 0 Å². The summed E-state index contributed by atoms with van der Waals surface area (Å²) in [6.07, 6.45) is 7.83. The zero-order valence-corrected chi connectivity index (χ0v) is 24.7. The molecule has 5 aromatic rings. The van der Waals surface area contributed by atoms with Crippen LogP contribution in [0.15, 0.2) is 40.4 Å². The third-order valence-corrected chi connectivity index (χ3v) is 8.81. The first-order chi connectivity index (χ1) is 20.3. The molecule has 1 aliphatic rings. The van der Waals surface area contributed by atoms with E-state index in [1.165, 1.54) is 0 Å². The van der Waals surface area contributed by atoms with Gasteiger partial charge in [0, 0.05) is 56.4 Å². The summed E-state index contributed by atoms with van der Waals surface area (Å²) in [7, 11) is 7.20. The van der Waals surface area contributed by atoms with E-state index in [0.717, 1.165) is 75.9 Å². The van der Waals surface area contributed by atoms with Crippen molar-refractivity contribution in [3.05, 3.63) is 46.8 Å². The number of hydrogen-bond donors (Lipinski definition) is 1. The monoisotopic (exact) mass is 565 g/mol. The van der Waals surface area contributed by atoms with Crippen LogP contribution in [0.1, 0.15) is 43.8 Å². The molecule has 1 saturated carbocycles. The Labute approximate surface area is 243 Å². The SMILES string of the molecule is C=Nc1[nH]c(-c2cn(C)nc2OC)c(-c2ccc3c(cnn3C)c2)c1-c1c(C)n(C)c(=O)n1[C@H]1CC[C@@H](CC#N)CC1. The molecule has 1 fully saturated rings. The van der Waals surface area contributed by atoms with Crippen molar-refractivity contribution in [1.29, 1.82) is 5.26 Å². The van der Waals surface area contributed by atoms with Crippen molar-refractivity contribution < 1.29 is 4.74 Å². The number of ether oxygens (including phenoxy) is 1. The standard InChI is InChI=1S/C31H35N9O2/c1-18-28(40(31(41)38(18)4)22-10-7-19(8-11-22)13-14-32)26-25(20-9-12-24-21(15-20)16-34-39(24)5)27(35-29(26)33-2)23-17-37(3)36-30(23)42-6/h9,12,15-17,19,22,35H,2,7-8,10-11,13H2,1,3-6H3/t19-,22+. The predicted octanol–water partition coefficient (Wildman–Crippen LogP) is 5.43. The molecule has 1 N–H and O–H groups in total. The highest BCUT2D eigenvalue weighted by Crippen LogP contribution is 2.49. The fourth-order valence-corrected chi connectivity index (χ4v) is 6.55. The fourth-order valence-electron chi connectivity index (χ4n) is 6.55. The molecule has 0 bridgehead atoms. The molecular weight excluding hydrogens is 530 g/mol. The Morgan fingerprint density at radius 3 is 2.64 bits per heavy atom. The van der Waals surface area contributed by atoms with Crippen LogP contribution in [0.5, 0.6) is 5.88 Å². The molecule has 0 amide bonds. The second-order valence-corrected chi connectivity index (χ2v) is 11.2. The Bertz CT molecular complexity index is 1920. The first-order valence-corrected chi connectivity index (χ1v) is 14.1. The number of aliphatic imine (C=N–C) groups is 1. The maximum absolute atomic E-state index is 13.9. The number of nitrogens with one attached hydrogen (secondary N) is 1. The van der Waals surface area contributed by atoms with E-state index in [1.54, 1.807) is 16.4 Å². The van der Waals surface area contributed by atoms with Crippen LogP contribution in [0, 0.1) is 24.2 Å². The molecule has 216 valence electrons. The molecule has 0 radical (unpaired) electrons. The van der Waals surface area contributed by atoms with Crippen LogP contribution in [0.4, 0.5) is 5.82 Å². The van der Waals surface area contributed by atoms with Crippen LogP contribution >= 0.6 is 0 Å². The molecule has 4 heterocycles. The van der Waals surface area contributed by atoms with Gasteiger partial charge >= 0.3 is 5.69 Å². The van der Waals surface area contributed by atoms with E-state index in [0.29, 0.717) is 24.0 Å². The number of rotatable bonds is 7. The van der Waals surface area contributed by atoms with Gasteiger partial charge in [-0.15, -0.1) is 5.10 Å². The summed E-state index contributed by atoms with van der Waals surface area (Å²) in [4.78, 5) is 21.8. The molecule has 1 aromatic carbocycles. The number of benzene rings is 1. The van der Waals surface area contributed by atoms with Gasteiger partial charge in [0.05, 0.1) is 47.4 Å². The summed E-state index contributed by atoms with van der Waals surface area (Å²) in [5.74, 6) is 1.42. The van der Waals surface area contributed by atoms with Crippen LogP contribution in [-0.2, 0) is 21.1 Å². The van der Waals surface area contributed by atoms with Crippen LogP contribution in [0.2, 0.25) is 0 Å². The molecule has 0 aliphatic heterocycles. The van der Waals surface area contributed by atoms with Crippen molar-refractivity contribution in [1.82, 2.24) is 33.7 Å². The Morgan fingerprint density at radius 1 is 1.19 bits per heavy atom. The zero-order valence-electron chi connectivity index (χ0n) is 24.7. The van der Waals surface area contributed by atoms with Crippen molar-refractivity contribution in [2.24, 2.45) is 32.1 Å². The topological polar surface area (TPSA) is 124 Å². The largest absolute Gasteiger partial charge is 0.479 e. The van der Waals surface area contributed by atoms with Crippen molar-refractivity contribution in [3.8, 4) is 45.6 Å². The van der Waals surface area contributed by atoms with Gasteiger partial charge in [0.15, 0.2) is 0 Å². The van der Waals surface area contributed by atoms with Crippen LogP contribution < -0.4 is 10.4 Å². The molecule has 0 atom stereocenters. The summed E-state index contributed by atoms with van der Waals surface area (Å²) < 4.78 is 12.9. The van der Waals surface area contributed by atoms with Gasteiger partial charge in [-0.25, -0.2) is 9.79 Å². The third kappa shape index (κ3) is 4.26. The first kappa shape index (κ1) is 27.3. The normalized spacial score (nSPS) is 17.0. The number of nitriles is 1. The number of aryl methyl sites for hydroxylation is 2. The van der Waals surface area contributed by atoms with E-state index in [-0.39, 0.29) is 11.7 Å². The van der Waals surface area contributed by atoms with Gasteiger partial charge in [-0.05, 0) is 62.9 Å². The number of imidazole rings is 1. The molecule has 6 rings (SSSR count). The molecule has 0 saturated heterocycles. The summed E-state index contributed by atoms with van der Waals surface area (Å²) in [6.45, 7) is 5.90. The van der Waals surface area contributed by atoms with Gasteiger partial charge in [0.2, 0.25) is 5.88 Å².